The maximum absolute atomic E-state index is 5.61. The van der Waals surface area contributed by atoms with Crippen molar-refractivity contribution in [3.63, 3.8) is 0 Å². The Morgan fingerprint density at radius 2 is 2.33 bits per heavy atom. The minimum Gasteiger partial charge on any atom is -0.390 e. The van der Waals surface area contributed by atoms with Gasteiger partial charge in [-0.1, -0.05) is 10.2 Å². The van der Waals surface area contributed by atoms with E-state index in [-0.39, 0.29) is 12.1 Å². The molecule has 0 amide bonds. The van der Waals surface area contributed by atoms with Gasteiger partial charge in [-0.05, 0) is 19.3 Å². The van der Waals surface area contributed by atoms with Crippen LogP contribution in [0.1, 0.15) is 19.3 Å². The van der Waals surface area contributed by atoms with Crippen LogP contribution in [0.2, 0.25) is 0 Å². The Morgan fingerprint density at radius 1 is 1.47 bits per heavy atom. The molecule has 6 heteroatoms. The highest BCUT2D eigenvalue weighted by atomic mass is 16.5. The molecule has 0 saturated carbocycles. The molecule has 0 aliphatic carbocycles. The van der Waals surface area contributed by atoms with Gasteiger partial charge in [0.2, 0.25) is 0 Å². The van der Waals surface area contributed by atoms with Gasteiger partial charge >= 0.3 is 12.0 Å². The quantitative estimate of drug-likeness (QED) is 0.793. The molecule has 6 nitrogen and oxygen atoms in total. The van der Waals surface area contributed by atoms with Crippen molar-refractivity contribution < 1.29 is 9.15 Å². The van der Waals surface area contributed by atoms with Gasteiger partial charge < -0.3 is 19.8 Å². The highest BCUT2D eigenvalue weighted by Crippen LogP contribution is 2.17. The third-order valence-corrected chi connectivity index (χ3v) is 2.51. The standard InChI is InChI=1S/C9H16N4O2/c1-13(9-12-11-8(10)15-9)6-7-4-2-3-5-14-7/h7H,2-6H2,1H3,(H2,10,11). The van der Waals surface area contributed by atoms with E-state index in [1.54, 1.807) is 0 Å². The van der Waals surface area contributed by atoms with E-state index in [0.717, 1.165) is 26.0 Å². The van der Waals surface area contributed by atoms with E-state index in [4.69, 9.17) is 14.9 Å². The molecule has 1 aliphatic rings. The zero-order valence-electron chi connectivity index (χ0n) is 8.85. The molecule has 1 unspecified atom stereocenters. The van der Waals surface area contributed by atoms with Crippen molar-refractivity contribution in [2.75, 3.05) is 30.8 Å². The van der Waals surface area contributed by atoms with Crippen LogP contribution in [0.25, 0.3) is 0 Å². The SMILES string of the molecule is CN(CC1CCCCO1)c1nnc(N)o1. The zero-order chi connectivity index (χ0) is 10.7. The summed E-state index contributed by atoms with van der Waals surface area (Å²) in [6.07, 6.45) is 3.74. The maximum atomic E-state index is 5.61. The van der Waals surface area contributed by atoms with Gasteiger partial charge in [-0.2, -0.15) is 0 Å². The lowest BCUT2D eigenvalue weighted by atomic mass is 10.1. The van der Waals surface area contributed by atoms with Crippen LogP contribution in [0.15, 0.2) is 4.42 Å². The van der Waals surface area contributed by atoms with Gasteiger partial charge in [0.05, 0.1) is 6.10 Å². The molecular formula is C9H16N4O2. The van der Waals surface area contributed by atoms with Crippen LogP contribution in [-0.4, -0.2) is 36.5 Å². The Labute approximate surface area is 88.4 Å². The van der Waals surface area contributed by atoms with Gasteiger partial charge in [0.1, 0.15) is 0 Å². The van der Waals surface area contributed by atoms with Crippen molar-refractivity contribution in [2.24, 2.45) is 0 Å². The Bertz CT molecular complexity index is 309. The summed E-state index contributed by atoms with van der Waals surface area (Å²) in [6, 6.07) is 0.545. The van der Waals surface area contributed by atoms with Gasteiger partial charge in [0.15, 0.2) is 0 Å². The van der Waals surface area contributed by atoms with Crippen molar-refractivity contribution in [3.8, 4) is 0 Å². The molecule has 0 spiro atoms. The highest BCUT2D eigenvalue weighted by molar-refractivity contribution is 5.26. The first kappa shape index (κ1) is 10.2. The van der Waals surface area contributed by atoms with Gasteiger partial charge in [-0.3, -0.25) is 0 Å². The first-order chi connectivity index (χ1) is 7.25. The summed E-state index contributed by atoms with van der Waals surface area (Å²) in [5.74, 6) is 0. The molecule has 2 N–H and O–H groups in total. The molecule has 1 saturated heterocycles. The van der Waals surface area contributed by atoms with Crippen molar-refractivity contribution in [2.45, 2.75) is 25.4 Å². The van der Waals surface area contributed by atoms with Crippen LogP contribution in [0.4, 0.5) is 12.0 Å². The molecule has 1 atom stereocenters. The van der Waals surface area contributed by atoms with Crippen molar-refractivity contribution in [3.05, 3.63) is 0 Å². The molecule has 0 aromatic carbocycles. The number of hydrogen-bond donors (Lipinski definition) is 1. The lowest BCUT2D eigenvalue weighted by molar-refractivity contribution is 0.0211. The van der Waals surface area contributed by atoms with E-state index in [1.165, 1.54) is 6.42 Å². The van der Waals surface area contributed by atoms with E-state index in [9.17, 15) is 0 Å². The van der Waals surface area contributed by atoms with Gasteiger partial charge in [-0.15, -0.1) is 0 Å². The highest BCUT2D eigenvalue weighted by Gasteiger charge is 2.18. The number of nitrogens with zero attached hydrogens (tertiary/aromatic N) is 3. The summed E-state index contributed by atoms with van der Waals surface area (Å²) in [4.78, 5) is 1.87. The van der Waals surface area contributed by atoms with E-state index < -0.39 is 0 Å². The average molecular weight is 212 g/mol. The first-order valence-corrected chi connectivity index (χ1v) is 5.17. The van der Waals surface area contributed by atoms with E-state index >= 15 is 0 Å². The minimum absolute atomic E-state index is 0.0985. The smallest absolute Gasteiger partial charge is 0.319 e. The molecule has 1 aromatic rings. The monoisotopic (exact) mass is 212 g/mol. The fourth-order valence-electron chi connectivity index (χ4n) is 1.72. The summed E-state index contributed by atoms with van der Waals surface area (Å²) in [7, 11) is 1.89. The number of hydrogen-bond acceptors (Lipinski definition) is 6. The summed E-state index contributed by atoms with van der Waals surface area (Å²) >= 11 is 0. The topological polar surface area (TPSA) is 77.4 Å². The molecule has 1 aliphatic heterocycles. The van der Waals surface area contributed by atoms with Gasteiger partial charge in [-0.25, -0.2) is 0 Å². The Kier molecular flexibility index (Phi) is 3.05. The molecular weight excluding hydrogens is 196 g/mol. The number of aromatic nitrogens is 2. The summed E-state index contributed by atoms with van der Waals surface area (Å²) in [5, 5.41) is 7.42. The van der Waals surface area contributed by atoms with Crippen LogP contribution in [0.3, 0.4) is 0 Å². The molecule has 2 heterocycles. The second kappa shape index (κ2) is 4.48. The van der Waals surface area contributed by atoms with Crippen molar-refractivity contribution in [1.82, 2.24) is 10.2 Å². The molecule has 15 heavy (non-hydrogen) atoms. The number of ether oxygens (including phenoxy) is 1. The third kappa shape index (κ3) is 2.59. The maximum Gasteiger partial charge on any atom is 0.319 e. The summed E-state index contributed by atoms with van der Waals surface area (Å²) in [5.41, 5.74) is 5.35. The number of anilines is 2. The summed E-state index contributed by atoms with van der Waals surface area (Å²) in [6.45, 7) is 1.62. The summed E-state index contributed by atoms with van der Waals surface area (Å²) < 4.78 is 10.7. The van der Waals surface area contributed by atoms with Crippen molar-refractivity contribution in [1.29, 1.82) is 0 Å². The third-order valence-electron chi connectivity index (χ3n) is 2.51. The largest absolute Gasteiger partial charge is 0.390 e. The second-order valence-electron chi connectivity index (χ2n) is 3.79. The Morgan fingerprint density at radius 3 is 2.93 bits per heavy atom. The molecule has 1 aromatic heterocycles. The van der Waals surface area contributed by atoms with Crippen molar-refractivity contribution >= 4 is 12.0 Å². The Balaban J connectivity index is 1.88. The van der Waals surface area contributed by atoms with Crippen LogP contribution in [0.5, 0.6) is 0 Å². The van der Waals surface area contributed by atoms with E-state index in [0.29, 0.717) is 6.01 Å². The lowest BCUT2D eigenvalue weighted by Crippen LogP contribution is -2.33. The van der Waals surface area contributed by atoms with Crippen LogP contribution in [-0.2, 0) is 4.74 Å². The van der Waals surface area contributed by atoms with Gasteiger partial charge in [0.25, 0.3) is 0 Å². The number of nitrogen functional groups attached to an aromatic ring is 1. The van der Waals surface area contributed by atoms with Gasteiger partial charge in [0, 0.05) is 20.2 Å². The molecule has 2 rings (SSSR count). The number of likely N-dealkylation sites (N-methyl/N-ethyl adjacent to an activating group) is 1. The molecule has 1 fully saturated rings. The van der Waals surface area contributed by atoms with E-state index in [2.05, 4.69) is 10.2 Å². The minimum atomic E-state index is 0.0985. The van der Waals surface area contributed by atoms with Crippen LogP contribution >= 0.6 is 0 Å². The zero-order valence-corrected chi connectivity index (χ0v) is 8.85. The fraction of sp³-hybridized carbons (Fsp3) is 0.778. The second-order valence-corrected chi connectivity index (χ2v) is 3.79. The predicted octanol–water partition coefficient (Wildman–Crippen LogP) is 0.657. The molecule has 0 bridgehead atoms. The molecule has 84 valence electrons. The number of nitrogens with two attached hydrogens (primary N) is 1. The van der Waals surface area contributed by atoms with E-state index in [1.807, 2.05) is 11.9 Å². The lowest BCUT2D eigenvalue weighted by Gasteiger charge is -2.26. The normalized spacial score (nSPS) is 21.5. The molecule has 0 radical (unpaired) electrons. The van der Waals surface area contributed by atoms with Crippen LogP contribution < -0.4 is 10.6 Å². The predicted molar refractivity (Wildman–Crippen MR) is 55.6 cm³/mol. The Hall–Kier alpha value is -1.30. The average Bonchev–Trinajstić information content (AvgIpc) is 2.66. The first-order valence-electron chi connectivity index (χ1n) is 5.17. The fourth-order valence-corrected chi connectivity index (χ4v) is 1.72. The number of rotatable bonds is 3. The van der Waals surface area contributed by atoms with Crippen LogP contribution in [0, 0.1) is 0 Å².